The second-order valence-corrected chi connectivity index (χ2v) is 8.05. The Balaban J connectivity index is 1.27. The maximum atomic E-state index is 13.1. The molecule has 0 radical (unpaired) electrons. The van der Waals surface area contributed by atoms with E-state index in [0.29, 0.717) is 52.4 Å². The third-order valence-corrected chi connectivity index (χ3v) is 6.35. The summed E-state index contributed by atoms with van der Waals surface area (Å²) in [6, 6.07) is 10.3. The van der Waals surface area contributed by atoms with Crippen LogP contribution in [0, 0.1) is 16.7 Å². The van der Waals surface area contributed by atoms with Crippen molar-refractivity contribution in [3.05, 3.63) is 30.6 Å². The summed E-state index contributed by atoms with van der Waals surface area (Å²) in [5.74, 6) is -0.110. The topological polar surface area (TPSA) is 89.6 Å². The lowest BCUT2D eigenvalue weighted by atomic mass is 9.80. The van der Waals surface area contributed by atoms with Crippen molar-refractivity contribution < 1.29 is 19.0 Å². The van der Waals surface area contributed by atoms with E-state index >= 15 is 0 Å². The Morgan fingerprint density at radius 3 is 2.52 bits per heavy atom. The van der Waals surface area contributed by atoms with Gasteiger partial charge in [0.25, 0.3) is 0 Å². The van der Waals surface area contributed by atoms with Crippen LogP contribution in [0.2, 0.25) is 0 Å². The van der Waals surface area contributed by atoms with Crippen LogP contribution in [-0.4, -0.2) is 72.1 Å². The zero-order chi connectivity index (χ0) is 19.8. The Hall–Kier alpha value is -2.47. The van der Waals surface area contributed by atoms with Gasteiger partial charge in [-0.3, -0.25) is 4.79 Å². The van der Waals surface area contributed by atoms with Crippen LogP contribution in [0.4, 0.5) is 0 Å². The van der Waals surface area contributed by atoms with Crippen molar-refractivity contribution in [2.45, 2.75) is 31.1 Å². The number of nitriles is 1. The van der Waals surface area contributed by atoms with Gasteiger partial charge in [0, 0.05) is 26.3 Å². The van der Waals surface area contributed by atoms with Crippen LogP contribution in [0.3, 0.4) is 0 Å². The molecule has 8 heteroatoms. The van der Waals surface area contributed by atoms with Crippen LogP contribution in [0.1, 0.15) is 18.9 Å². The molecule has 5 rings (SSSR count). The van der Waals surface area contributed by atoms with E-state index in [1.54, 1.807) is 4.90 Å². The molecule has 3 saturated heterocycles. The van der Waals surface area contributed by atoms with E-state index in [1.165, 1.54) is 0 Å². The van der Waals surface area contributed by atoms with E-state index < -0.39 is 5.41 Å². The normalized spacial score (nSPS) is 27.3. The van der Waals surface area contributed by atoms with Gasteiger partial charge in [0.05, 0.1) is 42.7 Å². The highest BCUT2D eigenvalue weighted by atomic mass is 16.6. The quantitative estimate of drug-likeness (QED) is 0.765. The highest BCUT2D eigenvalue weighted by Gasteiger charge is 2.48. The van der Waals surface area contributed by atoms with Gasteiger partial charge in [0.2, 0.25) is 5.91 Å². The molecule has 0 unspecified atom stereocenters. The summed E-state index contributed by atoms with van der Waals surface area (Å²) in [7, 11) is 0. The number of benzene rings is 1. The van der Waals surface area contributed by atoms with Gasteiger partial charge in [-0.2, -0.15) is 5.26 Å². The predicted octanol–water partition coefficient (Wildman–Crippen LogP) is 1.52. The molecule has 3 aliphatic rings. The summed E-state index contributed by atoms with van der Waals surface area (Å²) in [4.78, 5) is 19.3. The average Bonchev–Trinajstić information content (AvgIpc) is 3.33. The average molecular weight is 396 g/mol. The van der Waals surface area contributed by atoms with Gasteiger partial charge < -0.3 is 23.7 Å². The molecule has 2 atom stereocenters. The first kappa shape index (κ1) is 18.6. The SMILES string of the molecule is N#CC1(C(=O)N2C[C@@H]3OCC(n4cnc5ccccc54)CO[C@H]3C2)CCOCC1. The Bertz CT molecular complexity index is 930. The first-order valence-corrected chi connectivity index (χ1v) is 10.1. The molecular weight excluding hydrogens is 372 g/mol. The molecule has 0 aliphatic carbocycles. The molecular formula is C21H24N4O4. The van der Waals surface area contributed by atoms with Gasteiger partial charge in [-0.1, -0.05) is 12.1 Å². The summed E-state index contributed by atoms with van der Waals surface area (Å²) < 4.78 is 19.8. The highest BCUT2D eigenvalue weighted by molar-refractivity contribution is 5.86. The number of para-hydroxylation sites is 2. The number of aromatic nitrogens is 2. The lowest BCUT2D eigenvalue weighted by Crippen LogP contribution is -2.46. The van der Waals surface area contributed by atoms with E-state index in [1.807, 2.05) is 30.6 Å². The second kappa shape index (κ2) is 7.41. The molecule has 4 heterocycles. The van der Waals surface area contributed by atoms with Crippen LogP contribution in [-0.2, 0) is 19.0 Å². The molecule has 1 aromatic carbocycles. The number of rotatable bonds is 2. The van der Waals surface area contributed by atoms with E-state index in [0.717, 1.165) is 11.0 Å². The monoisotopic (exact) mass is 396 g/mol. The number of amides is 1. The van der Waals surface area contributed by atoms with Gasteiger partial charge in [0.15, 0.2) is 0 Å². The van der Waals surface area contributed by atoms with Gasteiger partial charge in [0.1, 0.15) is 17.6 Å². The van der Waals surface area contributed by atoms with Gasteiger partial charge in [-0.15, -0.1) is 0 Å². The van der Waals surface area contributed by atoms with Crippen molar-refractivity contribution in [1.82, 2.24) is 14.5 Å². The van der Waals surface area contributed by atoms with Gasteiger partial charge in [-0.05, 0) is 25.0 Å². The van der Waals surface area contributed by atoms with E-state index in [4.69, 9.17) is 14.2 Å². The van der Waals surface area contributed by atoms with Crippen LogP contribution in [0.5, 0.6) is 0 Å². The zero-order valence-electron chi connectivity index (χ0n) is 16.2. The van der Waals surface area contributed by atoms with Crippen LogP contribution in [0.15, 0.2) is 30.6 Å². The van der Waals surface area contributed by atoms with E-state index in [9.17, 15) is 10.1 Å². The first-order valence-electron chi connectivity index (χ1n) is 10.1. The lowest BCUT2D eigenvalue weighted by molar-refractivity contribution is -0.143. The summed E-state index contributed by atoms with van der Waals surface area (Å²) in [5, 5.41) is 9.68. The molecule has 1 amide bonds. The summed E-state index contributed by atoms with van der Waals surface area (Å²) in [6.07, 6.45) is 2.39. The number of imidazole rings is 1. The molecule has 3 fully saturated rings. The van der Waals surface area contributed by atoms with Gasteiger partial charge in [-0.25, -0.2) is 4.98 Å². The molecule has 0 N–H and O–H groups in total. The summed E-state index contributed by atoms with van der Waals surface area (Å²) in [5.41, 5.74) is 1.04. The number of hydrogen-bond donors (Lipinski definition) is 0. The second-order valence-electron chi connectivity index (χ2n) is 8.05. The molecule has 2 aromatic rings. The molecule has 8 nitrogen and oxygen atoms in total. The number of likely N-dealkylation sites (tertiary alicyclic amines) is 1. The van der Waals surface area contributed by atoms with Crippen molar-refractivity contribution >= 4 is 16.9 Å². The molecule has 0 saturated carbocycles. The standard InChI is InChI=1S/C21H24N4O4/c22-13-21(5-7-27-8-6-21)20(26)24-9-18-19(10-24)29-12-15(11-28-18)25-14-23-16-3-1-2-4-17(16)25/h1-4,14-15,18-19H,5-12H2/t18-,19-/m0/s1. The summed E-state index contributed by atoms with van der Waals surface area (Å²) in [6.45, 7) is 2.83. The predicted molar refractivity (Wildman–Crippen MR) is 103 cm³/mol. The molecule has 3 aliphatic heterocycles. The maximum absolute atomic E-state index is 13.1. The number of hydrogen-bond acceptors (Lipinski definition) is 6. The van der Waals surface area contributed by atoms with Crippen molar-refractivity contribution in [2.24, 2.45) is 5.41 Å². The Morgan fingerprint density at radius 2 is 1.83 bits per heavy atom. The summed E-state index contributed by atoms with van der Waals surface area (Å²) >= 11 is 0. The first-order chi connectivity index (χ1) is 14.2. The maximum Gasteiger partial charge on any atom is 0.243 e. The molecule has 29 heavy (non-hydrogen) atoms. The Labute approximate surface area is 168 Å². The molecule has 152 valence electrons. The zero-order valence-corrected chi connectivity index (χ0v) is 16.2. The highest BCUT2D eigenvalue weighted by Crippen LogP contribution is 2.34. The molecule has 1 aromatic heterocycles. The molecule has 0 spiro atoms. The van der Waals surface area contributed by atoms with E-state index in [-0.39, 0.29) is 24.2 Å². The minimum Gasteiger partial charge on any atom is -0.381 e. The molecule has 0 bridgehead atoms. The number of ether oxygens (including phenoxy) is 3. The number of fused-ring (bicyclic) bond motifs is 2. The van der Waals surface area contributed by atoms with Gasteiger partial charge >= 0.3 is 0 Å². The van der Waals surface area contributed by atoms with Crippen LogP contribution < -0.4 is 0 Å². The van der Waals surface area contributed by atoms with Crippen molar-refractivity contribution in [3.8, 4) is 6.07 Å². The number of nitrogens with zero attached hydrogens (tertiary/aromatic N) is 4. The minimum absolute atomic E-state index is 0.0399. The smallest absolute Gasteiger partial charge is 0.243 e. The Morgan fingerprint density at radius 1 is 1.14 bits per heavy atom. The fourth-order valence-electron chi connectivity index (χ4n) is 4.57. The third kappa shape index (κ3) is 3.19. The fourth-order valence-corrected chi connectivity index (χ4v) is 4.57. The van der Waals surface area contributed by atoms with Crippen molar-refractivity contribution in [2.75, 3.05) is 39.5 Å². The van der Waals surface area contributed by atoms with E-state index in [2.05, 4.69) is 15.6 Å². The minimum atomic E-state index is -0.972. The fraction of sp³-hybridized carbons (Fsp3) is 0.571. The Kier molecular flexibility index (Phi) is 4.74. The number of carbonyl (C=O) groups excluding carboxylic acids is 1. The van der Waals surface area contributed by atoms with Crippen LogP contribution >= 0.6 is 0 Å². The lowest BCUT2D eigenvalue weighted by Gasteiger charge is -2.33. The third-order valence-electron chi connectivity index (χ3n) is 6.35. The largest absolute Gasteiger partial charge is 0.381 e. The van der Waals surface area contributed by atoms with Crippen molar-refractivity contribution in [1.29, 1.82) is 5.26 Å². The van der Waals surface area contributed by atoms with Crippen molar-refractivity contribution in [3.63, 3.8) is 0 Å². The number of carbonyl (C=O) groups is 1. The van der Waals surface area contributed by atoms with Crippen LogP contribution in [0.25, 0.3) is 11.0 Å².